The zero-order valence-electron chi connectivity index (χ0n) is 16.0. The SMILES string of the molecule is Cc1cc(F)c(N2CCC(COc3ccc(F)c4c3CNC(=O)N4)CC2)c(F)c1. The molecule has 2 N–H and O–H groups in total. The van der Waals surface area contributed by atoms with Gasteiger partial charge in [-0.25, -0.2) is 18.0 Å². The molecule has 0 saturated carbocycles. The summed E-state index contributed by atoms with van der Waals surface area (Å²) in [5, 5.41) is 5.07. The molecular weight excluding hydrogens is 383 g/mol. The molecule has 2 amide bonds. The van der Waals surface area contributed by atoms with Crippen molar-refractivity contribution in [1.29, 1.82) is 0 Å². The number of urea groups is 1. The molecule has 0 radical (unpaired) electrons. The number of hydrogen-bond acceptors (Lipinski definition) is 3. The van der Waals surface area contributed by atoms with E-state index in [1.54, 1.807) is 17.9 Å². The topological polar surface area (TPSA) is 53.6 Å². The summed E-state index contributed by atoms with van der Waals surface area (Å²) >= 11 is 0. The number of rotatable bonds is 4. The van der Waals surface area contributed by atoms with Crippen molar-refractivity contribution in [2.75, 3.05) is 29.9 Å². The Hall–Kier alpha value is -2.90. The maximum Gasteiger partial charge on any atom is 0.319 e. The summed E-state index contributed by atoms with van der Waals surface area (Å²) in [6, 6.07) is 5.07. The lowest BCUT2D eigenvalue weighted by Crippen LogP contribution is -2.37. The number of anilines is 2. The number of nitrogens with one attached hydrogen (secondary N) is 2. The second-order valence-electron chi connectivity index (χ2n) is 7.53. The van der Waals surface area contributed by atoms with E-state index in [9.17, 15) is 18.0 Å². The highest BCUT2D eigenvalue weighted by Gasteiger charge is 2.26. The zero-order chi connectivity index (χ0) is 20.5. The van der Waals surface area contributed by atoms with Crippen molar-refractivity contribution in [3.63, 3.8) is 0 Å². The summed E-state index contributed by atoms with van der Waals surface area (Å²) in [6.45, 7) is 3.33. The van der Waals surface area contributed by atoms with Crippen molar-refractivity contribution < 1.29 is 22.7 Å². The molecule has 1 saturated heterocycles. The molecule has 2 aliphatic rings. The van der Waals surface area contributed by atoms with Crippen molar-refractivity contribution >= 4 is 17.4 Å². The Morgan fingerprint density at radius 1 is 1.10 bits per heavy atom. The van der Waals surface area contributed by atoms with Gasteiger partial charge in [0.15, 0.2) is 0 Å². The first-order valence-electron chi connectivity index (χ1n) is 9.62. The van der Waals surface area contributed by atoms with Crippen LogP contribution in [0.2, 0.25) is 0 Å². The minimum absolute atomic E-state index is 0.0318. The van der Waals surface area contributed by atoms with Crippen LogP contribution in [-0.4, -0.2) is 25.7 Å². The number of fused-ring (bicyclic) bond motifs is 1. The third kappa shape index (κ3) is 3.97. The van der Waals surface area contributed by atoms with Crippen LogP contribution < -0.4 is 20.3 Å². The van der Waals surface area contributed by atoms with E-state index in [2.05, 4.69) is 10.6 Å². The standard InChI is InChI=1S/C21H22F3N3O2/c1-12-8-16(23)20(17(24)9-12)27-6-4-13(5-7-27)11-29-18-3-2-15(22)19-14(18)10-25-21(28)26-19/h2-3,8-9,13H,4-7,10-11H2,1H3,(H2,25,26,28). The second-order valence-corrected chi connectivity index (χ2v) is 7.53. The summed E-state index contributed by atoms with van der Waals surface area (Å²) in [7, 11) is 0. The summed E-state index contributed by atoms with van der Waals surface area (Å²) in [4.78, 5) is 13.2. The highest BCUT2D eigenvalue weighted by Crippen LogP contribution is 2.33. The molecule has 2 heterocycles. The third-order valence-corrected chi connectivity index (χ3v) is 5.45. The van der Waals surface area contributed by atoms with Gasteiger partial charge in [0.25, 0.3) is 0 Å². The smallest absolute Gasteiger partial charge is 0.319 e. The van der Waals surface area contributed by atoms with Gasteiger partial charge in [-0.1, -0.05) is 0 Å². The van der Waals surface area contributed by atoms with E-state index in [0.717, 1.165) is 12.8 Å². The predicted molar refractivity (Wildman–Crippen MR) is 104 cm³/mol. The Bertz CT molecular complexity index is 920. The van der Waals surface area contributed by atoms with Crippen LogP contribution in [-0.2, 0) is 6.54 Å². The largest absolute Gasteiger partial charge is 0.493 e. The first-order chi connectivity index (χ1) is 13.9. The Morgan fingerprint density at radius 3 is 2.48 bits per heavy atom. The number of halogens is 3. The highest BCUT2D eigenvalue weighted by molar-refractivity contribution is 5.93. The average Bonchev–Trinajstić information content (AvgIpc) is 2.68. The second kappa shape index (κ2) is 7.85. The molecule has 0 atom stereocenters. The normalized spacial score (nSPS) is 16.8. The Balaban J connectivity index is 1.38. The fourth-order valence-corrected chi connectivity index (χ4v) is 3.90. The summed E-state index contributed by atoms with van der Waals surface area (Å²) in [5.41, 5.74) is 1.31. The van der Waals surface area contributed by atoms with Crippen molar-refractivity contribution in [2.45, 2.75) is 26.3 Å². The molecule has 8 heteroatoms. The van der Waals surface area contributed by atoms with Gasteiger partial charge in [-0.05, 0) is 55.5 Å². The van der Waals surface area contributed by atoms with Gasteiger partial charge in [-0.2, -0.15) is 0 Å². The van der Waals surface area contributed by atoms with Gasteiger partial charge in [0.2, 0.25) is 0 Å². The number of benzene rings is 2. The number of amides is 2. The number of ether oxygens (including phenoxy) is 1. The monoisotopic (exact) mass is 405 g/mol. The molecule has 2 aromatic rings. The van der Waals surface area contributed by atoms with Gasteiger partial charge in [0.05, 0.1) is 18.8 Å². The number of carbonyl (C=O) groups is 1. The van der Waals surface area contributed by atoms with Gasteiger partial charge >= 0.3 is 6.03 Å². The van der Waals surface area contributed by atoms with Gasteiger partial charge < -0.3 is 20.3 Å². The molecule has 5 nitrogen and oxygen atoms in total. The van der Waals surface area contributed by atoms with Gasteiger partial charge in [0.1, 0.15) is 28.9 Å². The molecule has 0 bridgehead atoms. The Kier molecular flexibility index (Phi) is 5.25. The van der Waals surface area contributed by atoms with Gasteiger partial charge in [-0.15, -0.1) is 0 Å². The highest BCUT2D eigenvalue weighted by atomic mass is 19.1. The number of carbonyl (C=O) groups excluding carboxylic acids is 1. The van der Waals surface area contributed by atoms with Crippen molar-refractivity contribution in [1.82, 2.24) is 5.32 Å². The van der Waals surface area contributed by atoms with E-state index in [-0.39, 0.29) is 23.8 Å². The van der Waals surface area contributed by atoms with Crippen LogP contribution in [0.5, 0.6) is 5.75 Å². The molecule has 2 aliphatic heterocycles. The van der Waals surface area contributed by atoms with Crippen molar-refractivity contribution in [3.05, 3.63) is 52.8 Å². The molecule has 4 rings (SSSR count). The van der Waals surface area contributed by atoms with E-state index in [0.29, 0.717) is 36.6 Å². The Labute approximate surface area is 166 Å². The van der Waals surface area contributed by atoms with Crippen LogP contribution >= 0.6 is 0 Å². The molecule has 1 fully saturated rings. The Morgan fingerprint density at radius 2 is 1.79 bits per heavy atom. The predicted octanol–water partition coefficient (Wildman–Crippen LogP) is 4.34. The van der Waals surface area contributed by atoms with Crippen LogP contribution in [0.4, 0.5) is 29.3 Å². The molecule has 154 valence electrons. The van der Waals surface area contributed by atoms with E-state index in [1.807, 2.05) is 0 Å². The van der Waals surface area contributed by atoms with Gasteiger partial charge in [0, 0.05) is 18.7 Å². The van der Waals surface area contributed by atoms with Gasteiger partial charge in [-0.3, -0.25) is 0 Å². The van der Waals surface area contributed by atoms with E-state index in [4.69, 9.17) is 4.74 Å². The number of piperidine rings is 1. The minimum Gasteiger partial charge on any atom is -0.493 e. The molecule has 0 aliphatic carbocycles. The number of hydrogen-bond donors (Lipinski definition) is 2. The van der Waals surface area contributed by atoms with Crippen LogP contribution in [0.25, 0.3) is 0 Å². The molecule has 2 aromatic carbocycles. The maximum absolute atomic E-state index is 14.2. The van der Waals surface area contributed by atoms with Crippen molar-refractivity contribution in [2.24, 2.45) is 5.92 Å². The van der Waals surface area contributed by atoms with Crippen LogP contribution in [0, 0.1) is 30.3 Å². The first kappa shape index (κ1) is 19.4. The van der Waals surface area contributed by atoms with Crippen LogP contribution in [0.15, 0.2) is 24.3 Å². The van der Waals surface area contributed by atoms with Crippen LogP contribution in [0.3, 0.4) is 0 Å². The lowest BCUT2D eigenvalue weighted by molar-refractivity contribution is 0.219. The lowest BCUT2D eigenvalue weighted by atomic mass is 9.97. The number of aryl methyl sites for hydroxylation is 1. The first-order valence-corrected chi connectivity index (χ1v) is 9.62. The quantitative estimate of drug-likeness (QED) is 0.796. The molecule has 0 aromatic heterocycles. The summed E-state index contributed by atoms with van der Waals surface area (Å²) < 4.78 is 48.3. The maximum atomic E-state index is 14.2. The molecule has 0 unspecified atom stereocenters. The minimum atomic E-state index is -0.537. The van der Waals surface area contributed by atoms with E-state index < -0.39 is 23.5 Å². The van der Waals surface area contributed by atoms with Crippen LogP contribution in [0.1, 0.15) is 24.0 Å². The molecular formula is C21H22F3N3O2. The summed E-state index contributed by atoms with van der Waals surface area (Å²) in [6.07, 6.45) is 1.45. The fourth-order valence-electron chi connectivity index (χ4n) is 3.90. The summed E-state index contributed by atoms with van der Waals surface area (Å²) in [5.74, 6) is -0.839. The zero-order valence-corrected chi connectivity index (χ0v) is 16.0. The third-order valence-electron chi connectivity index (χ3n) is 5.45. The average molecular weight is 405 g/mol. The molecule has 0 spiro atoms. The lowest BCUT2D eigenvalue weighted by Gasteiger charge is -2.34. The number of nitrogens with zero attached hydrogens (tertiary/aromatic N) is 1. The van der Waals surface area contributed by atoms with E-state index in [1.165, 1.54) is 18.2 Å². The molecule has 29 heavy (non-hydrogen) atoms. The van der Waals surface area contributed by atoms with Crippen molar-refractivity contribution in [3.8, 4) is 5.75 Å². The van der Waals surface area contributed by atoms with E-state index >= 15 is 0 Å². The fraction of sp³-hybridized carbons (Fsp3) is 0.381.